The Morgan fingerprint density at radius 1 is 1.20 bits per heavy atom. The molecule has 25 heavy (non-hydrogen) atoms. The number of morpholine rings is 1. The van der Waals surface area contributed by atoms with Gasteiger partial charge in [-0.05, 0) is 45.0 Å². The molecule has 1 fully saturated rings. The van der Waals surface area contributed by atoms with Crippen molar-refractivity contribution >= 4 is 11.7 Å². The Morgan fingerprint density at radius 3 is 2.56 bits per heavy atom. The molecule has 0 aromatic carbocycles. The van der Waals surface area contributed by atoms with Crippen LogP contribution in [-0.2, 0) is 4.74 Å². The maximum atomic E-state index is 12.4. The Bertz CT molecular complexity index is 695. The van der Waals surface area contributed by atoms with E-state index in [1.54, 1.807) is 12.4 Å². The standard InChI is InChI=1S/C19H24N4O2/c1-13-11-23(12-14(2)25-13)18-8-7-16(10-21-18)19(24)22-15(3)17-6-4-5-9-20-17/h4-10,13-15H,11-12H2,1-3H3,(H,22,24)/t13-,14+,15-/m1/s1. The van der Waals surface area contributed by atoms with Crippen LogP contribution in [0.1, 0.15) is 42.9 Å². The third kappa shape index (κ3) is 4.33. The molecule has 0 unspecified atom stereocenters. The Kier molecular flexibility index (Phi) is 5.28. The van der Waals surface area contributed by atoms with Crippen LogP contribution in [0.15, 0.2) is 42.7 Å². The predicted octanol–water partition coefficient (Wildman–Crippen LogP) is 2.58. The van der Waals surface area contributed by atoms with Gasteiger partial charge < -0.3 is 15.0 Å². The molecule has 0 saturated carbocycles. The number of amides is 1. The zero-order chi connectivity index (χ0) is 17.8. The molecular weight excluding hydrogens is 316 g/mol. The molecule has 1 aliphatic rings. The molecule has 0 spiro atoms. The zero-order valence-electron chi connectivity index (χ0n) is 14.8. The molecule has 2 aromatic heterocycles. The number of carbonyl (C=O) groups excluding carboxylic acids is 1. The molecule has 1 N–H and O–H groups in total. The highest BCUT2D eigenvalue weighted by atomic mass is 16.5. The Balaban J connectivity index is 1.64. The number of anilines is 1. The van der Waals surface area contributed by atoms with Gasteiger partial charge in [0.15, 0.2) is 0 Å². The summed E-state index contributed by atoms with van der Waals surface area (Å²) in [6.45, 7) is 7.64. The molecule has 1 aliphatic heterocycles. The number of aromatic nitrogens is 2. The lowest BCUT2D eigenvalue weighted by atomic mass is 10.2. The first-order valence-corrected chi connectivity index (χ1v) is 8.61. The smallest absolute Gasteiger partial charge is 0.253 e. The monoisotopic (exact) mass is 340 g/mol. The fourth-order valence-electron chi connectivity index (χ4n) is 3.06. The van der Waals surface area contributed by atoms with Crippen molar-refractivity contribution in [1.82, 2.24) is 15.3 Å². The molecule has 0 radical (unpaired) electrons. The van der Waals surface area contributed by atoms with Crippen LogP contribution in [0.2, 0.25) is 0 Å². The first-order valence-electron chi connectivity index (χ1n) is 8.61. The predicted molar refractivity (Wildman–Crippen MR) is 96.6 cm³/mol. The lowest BCUT2D eigenvalue weighted by molar-refractivity contribution is -0.00546. The number of pyridine rings is 2. The molecule has 1 amide bonds. The Hall–Kier alpha value is -2.47. The van der Waals surface area contributed by atoms with Crippen LogP contribution in [-0.4, -0.2) is 41.2 Å². The summed E-state index contributed by atoms with van der Waals surface area (Å²) in [6, 6.07) is 9.21. The van der Waals surface area contributed by atoms with E-state index in [9.17, 15) is 4.79 Å². The van der Waals surface area contributed by atoms with Crippen LogP contribution in [0.25, 0.3) is 0 Å². The van der Waals surface area contributed by atoms with Gasteiger partial charge in [0.25, 0.3) is 5.91 Å². The highest BCUT2D eigenvalue weighted by Gasteiger charge is 2.23. The summed E-state index contributed by atoms with van der Waals surface area (Å²) in [6.07, 6.45) is 3.69. The van der Waals surface area contributed by atoms with Crippen molar-refractivity contribution in [2.24, 2.45) is 0 Å². The molecule has 6 heteroatoms. The molecule has 6 nitrogen and oxygen atoms in total. The van der Waals surface area contributed by atoms with Crippen LogP contribution in [0, 0.1) is 0 Å². The maximum Gasteiger partial charge on any atom is 0.253 e. The second-order valence-electron chi connectivity index (χ2n) is 6.52. The third-order valence-electron chi connectivity index (χ3n) is 4.23. The van der Waals surface area contributed by atoms with Crippen molar-refractivity contribution in [2.45, 2.75) is 39.0 Å². The van der Waals surface area contributed by atoms with E-state index in [-0.39, 0.29) is 24.2 Å². The van der Waals surface area contributed by atoms with Crippen molar-refractivity contribution in [3.63, 3.8) is 0 Å². The molecule has 3 rings (SSSR count). The number of hydrogen-bond donors (Lipinski definition) is 1. The van der Waals surface area contributed by atoms with Crippen LogP contribution in [0.4, 0.5) is 5.82 Å². The summed E-state index contributed by atoms with van der Waals surface area (Å²) in [5.74, 6) is 0.720. The van der Waals surface area contributed by atoms with Gasteiger partial charge in [-0.15, -0.1) is 0 Å². The molecule has 3 heterocycles. The summed E-state index contributed by atoms with van der Waals surface area (Å²) in [5, 5.41) is 2.95. The molecule has 3 atom stereocenters. The topological polar surface area (TPSA) is 67.4 Å². The highest BCUT2D eigenvalue weighted by Crippen LogP contribution is 2.18. The van der Waals surface area contributed by atoms with Gasteiger partial charge in [-0.25, -0.2) is 4.98 Å². The quantitative estimate of drug-likeness (QED) is 0.926. The number of nitrogens with one attached hydrogen (secondary N) is 1. The lowest BCUT2D eigenvalue weighted by Gasteiger charge is -2.36. The van der Waals surface area contributed by atoms with Crippen molar-refractivity contribution in [3.05, 3.63) is 54.0 Å². The van der Waals surface area contributed by atoms with Gasteiger partial charge >= 0.3 is 0 Å². The van der Waals surface area contributed by atoms with Crippen LogP contribution in [0.5, 0.6) is 0 Å². The fourth-order valence-corrected chi connectivity index (χ4v) is 3.06. The van der Waals surface area contributed by atoms with Crippen molar-refractivity contribution in [2.75, 3.05) is 18.0 Å². The maximum absolute atomic E-state index is 12.4. The normalized spacial score (nSPS) is 21.6. The molecule has 2 aromatic rings. The number of carbonyl (C=O) groups is 1. The van der Waals surface area contributed by atoms with Gasteiger partial charge in [-0.2, -0.15) is 0 Å². The average Bonchev–Trinajstić information content (AvgIpc) is 2.61. The molecule has 1 saturated heterocycles. The van der Waals surface area contributed by atoms with Crippen molar-refractivity contribution in [3.8, 4) is 0 Å². The molecule has 0 bridgehead atoms. The summed E-state index contributed by atoms with van der Waals surface area (Å²) in [7, 11) is 0. The van der Waals surface area contributed by atoms with Crippen LogP contribution in [0.3, 0.4) is 0 Å². The fraction of sp³-hybridized carbons (Fsp3) is 0.421. The van der Waals surface area contributed by atoms with Crippen LogP contribution >= 0.6 is 0 Å². The second-order valence-corrected chi connectivity index (χ2v) is 6.52. The zero-order valence-corrected chi connectivity index (χ0v) is 14.8. The summed E-state index contributed by atoms with van der Waals surface area (Å²) < 4.78 is 5.75. The van der Waals surface area contributed by atoms with Crippen LogP contribution < -0.4 is 10.2 Å². The first kappa shape index (κ1) is 17.4. The minimum absolute atomic E-state index is 0.152. The minimum atomic E-state index is -0.158. The molecule has 0 aliphatic carbocycles. The summed E-state index contributed by atoms with van der Waals surface area (Å²) in [4.78, 5) is 23.3. The van der Waals surface area contributed by atoms with E-state index in [2.05, 4.69) is 34.0 Å². The highest BCUT2D eigenvalue weighted by molar-refractivity contribution is 5.94. The summed E-state index contributed by atoms with van der Waals surface area (Å²) >= 11 is 0. The lowest BCUT2D eigenvalue weighted by Crippen LogP contribution is -2.45. The first-order chi connectivity index (χ1) is 12.0. The largest absolute Gasteiger partial charge is 0.372 e. The van der Waals surface area contributed by atoms with E-state index in [0.717, 1.165) is 24.6 Å². The minimum Gasteiger partial charge on any atom is -0.372 e. The van der Waals surface area contributed by atoms with Crippen molar-refractivity contribution < 1.29 is 9.53 Å². The number of nitrogens with zero attached hydrogens (tertiary/aromatic N) is 3. The van der Waals surface area contributed by atoms with E-state index in [1.165, 1.54) is 0 Å². The van der Waals surface area contributed by atoms with Gasteiger partial charge in [0.1, 0.15) is 5.82 Å². The summed E-state index contributed by atoms with van der Waals surface area (Å²) in [5.41, 5.74) is 1.37. The Morgan fingerprint density at radius 2 is 1.96 bits per heavy atom. The molecule has 132 valence electrons. The van der Waals surface area contributed by atoms with E-state index in [1.807, 2.05) is 37.3 Å². The third-order valence-corrected chi connectivity index (χ3v) is 4.23. The Labute approximate surface area is 148 Å². The van der Waals surface area contributed by atoms with E-state index in [4.69, 9.17) is 4.74 Å². The molecular formula is C19H24N4O2. The van der Waals surface area contributed by atoms with Gasteiger partial charge in [-0.1, -0.05) is 6.07 Å². The SMILES string of the molecule is C[C@@H]1CN(c2ccc(C(=O)N[C@H](C)c3ccccn3)cn2)C[C@H](C)O1. The number of hydrogen-bond acceptors (Lipinski definition) is 5. The van der Waals surface area contributed by atoms with Gasteiger partial charge in [0, 0.05) is 25.5 Å². The second kappa shape index (κ2) is 7.61. The van der Waals surface area contributed by atoms with Gasteiger partial charge in [0.2, 0.25) is 0 Å². The van der Waals surface area contributed by atoms with E-state index >= 15 is 0 Å². The van der Waals surface area contributed by atoms with Gasteiger partial charge in [0.05, 0.1) is 29.5 Å². The van der Waals surface area contributed by atoms with Gasteiger partial charge in [-0.3, -0.25) is 9.78 Å². The van der Waals surface area contributed by atoms with Crippen molar-refractivity contribution in [1.29, 1.82) is 0 Å². The van der Waals surface area contributed by atoms with E-state index in [0.29, 0.717) is 5.56 Å². The van der Waals surface area contributed by atoms with E-state index < -0.39 is 0 Å². The number of rotatable bonds is 4. The number of ether oxygens (including phenoxy) is 1. The average molecular weight is 340 g/mol.